The summed E-state index contributed by atoms with van der Waals surface area (Å²) in [6.07, 6.45) is 2.06. The van der Waals surface area contributed by atoms with Gasteiger partial charge in [-0.3, -0.25) is 0 Å². The molecule has 2 rings (SSSR count). The van der Waals surface area contributed by atoms with Gasteiger partial charge in [0.1, 0.15) is 5.65 Å². The predicted molar refractivity (Wildman–Crippen MR) is 71.4 cm³/mol. The van der Waals surface area contributed by atoms with Crippen molar-refractivity contribution in [3.05, 3.63) is 30.1 Å². The average Bonchev–Trinajstić information content (AvgIpc) is 2.69. The quantitative estimate of drug-likeness (QED) is 0.803. The van der Waals surface area contributed by atoms with Crippen LogP contribution in [0.15, 0.2) is 24.4 Å². The first kappa shape index (κ1) is 11.5. The molecule has 86 valence electrons. The Bertz CT molecular complexity index is 474. The van der Waals surface area contributed by atoms with Crippen LogP contribution >= 0.6 is 15.9 Å². The van der Waals surface area contributed by atoms with Gasteiger partial charge in [-0.2, -0.15) is 0 Å². The monoisotopic (exact) mass is 281 g/mol. The van der Waals surface area contributed by atoms with Crippen molar-refractivity contribution in [3.8, 4) is 0 Å². The summed E-state index contributed by atoms with van der Waals surface area (Å²) in [5.41, 5.74) is 2.23. The molecule has 0 N–H and O–H groups in total. The highest BCUT2D eigenvalue weighted by Gasteiger charge is 2.14. The third kappa shape index (κ3) is 1.82. The summed E-state index contributed by atoms with van der Waals surface area (Å²) in [7, 11) is 0. The fourth-order valence-electron chi connectivity index (χ4n) is 1.93. The van der Waals surface area contributed by atoms with Crippen molar-refractivity contribution in [1.29, 1.82) is 0 Å². The zero-order valence-corrected chi connectivity index (χ0v) is 11.2. The summed E-state index contributed by atoms with van der Waals surface area (Å²) < 4.78 is 2.14. The standard InChI is InChI=1S/C12H16BrN3/c1-3-15(4-2)12-10(9-13)16-8-6-5-7-11(16)14-12/h5-8H,3-4,9H2,1-2H3. The van der Waals surface area contributed by atoms with E-state index in [4.69, 9.17) is 0 Å². The number of imidazole rings is 1. The number of alkyl halides is 1. The molecule has 0 bridgehead atoms. The van der Waals surface area contributed by atoms with Crippen LogP contribution in [0.2, 0.25) is 0 Å². The lowest BCUT2D eigenvalue weighted by molar-refractivity contribution is 0.844. The Morgan fingerprint density at radius 1 is 1.31 bits per heavy atom. The molecule has 2 aromatic heterocycles. The molecule has 4 heteroatoms. The molecule has 0 aliphatic heterocycles. The highest BCUT2D eigenvalue weighted by atomic mass is 79.9. The lowest BCUT2D eigenvalue weighted by atomic mass is 10.4. The molecule has 0 fully saturated rings. The smallest absolute Gasteiger partial charge is 0.152 e. The summed E-state index contributed by atoms with van der Waals surface area (Å²) in [5.74, 6) is 1.09. The normalized spacial score (nSPS) is 10.9. The van der Waals surface area contributed by atoms with Gasteiger partial charge in [0.2, 0.25) is 0 Å². The average molecular weight is 282 g/mol. The highest BCUT2D eigenvalue weighted by Crippen LogP contribution is 2.23. The molecule has 16 heavy (non-hydrogen) atoms. The van der Waals surface area contributed by atoms with Crippen LogP contribution in [0.5, 0.6) is 0 Å². The van der Waals surface area contributed by atoms with E-state index in [0.29, 0.717) is 0 Å². The highest BCUT2D eigenvalue weighted by molar-refractivity contribution is 9.08. The van der Waals surface area contributed by atoms with Gasteiger partial charge in [0.25, 0.3) is 0 Å². The Kier molecular flexibility index (Phi) is 3.49. The first-order chi connectivity index (χ1) is 7.81. The maximum Gasteiger partial charge on any atom is 0.152 e. The van der Waals surface area contributed by atoms with Crippen LogP contribution in [-0.2, 0) is 5.33 Å². The summed E-state index contributed by atoms with van der Waals surface area (Å²) in [4.78, 5) is 6.97. The molecule has 3 nitrogen and oxygen atoms in total. The van der Waals surface area contributed by atoms with E-state index in [9.17, 15) is 0 Å². The number of hydrogen-bond donors (Lipinski definition) is 0. The summed E-state index contributed by atoms with van der Waals surface area (Å²) in [6, 6.07) is 6.10. The van der Waals surface area contributed by atoms with Crippen molar-refractivity contribution in [2.75, 3.05) is 18.0 Å². The number of pyridine rings is 1. The molecule has 0 aliphatic rings. The first-order valence-electron chi connectivity index (χ1n) is 5.58. The maximum atomic E-state index is 4.68. The van der Waals surface area contributed by atoms with Crippen molar-refractivity contribution in [1.82, 2.24) is 9.38 Å². The number of anilines is 1. The topological polar surface area (TPSA) is 20.5 Å². The first-order valence-corrected chi connectivity index (χ1v) is 6.70. The van der Waals surface area contributed by atoms with Crippen LogP contribution < -0.4 is 4.90 Å². The van der Waals surface area contributed by atoms with Crippen LogP contribution in [0.4, 0.5) is 5.82 Å². The minimum Gasteiger partial charge on any atom is -0.356 e. The van der Waals surface area contributed by atoms with Gasteiger partial charge in [-0.1, -0.05) is 22.0 Å². The fraction of sp³-hybridized carbons (Fsp3) is 0.417. The van der Waals surface area contributed by atoms with Gasteiger partial charge >= 0.3 is 0 Å². The molecule has 0 unspecified atom stereocenters. The lowest BCUT2D eigenvalue weighted by Crippen LogP contribution is -2.23. The summed E-state index contributed by atoms with van der Waals surface area (Å²) in [6.45, 7) is 6.29. The zero-order chi connectivity index (χ0) is 11.5. The van der Waals surface area contributed by atoms with Gasteiger partial charge < -0.3 is 9.30 Å². The van der Waals surface area contributed by atoms with Crippen LogP contribution in [0.1, 0.15) is 19.5 Å². The Morgan fingerprint density at radius 2 is 2.06 bits per heavy atom. The van der Waals surface area contributed by atoms with Crippen LogP contribution in [-0.4, -0.2) is 22.5 Å². The molecule has 2 aromatic rings. The Hall–Kier alpha value is -1.03. The number of aromatic nitrogens is 2. The van der Waals surface area contributed by atoms with Crippen LogP contribution in [0, 0.1) is 0 Å². The van der Waals surface area contributed by atoms with E-state index in [1.54, 1.807) is 0 Å². The van der Waals surface area contributed by atoms with Gasteiger partial charge in [-0.25, -0.2) is 4.98 Å². The van der Waals surface area contributed by atoms with E-state index >= 15 is 0 Å². The van der Waals surface area contributed by atoms with Crippen molar-refractivity contribution in [2.24, 2.45) is 0 Å². The molecule has 0 radical (unpaired) electrons. The number of nitrogens with zero attached hydrogens (tertiary/aromatic N) is 3. The van der Waals surface area contributed by atoms with Crippen molar-refractivity contribution in [2.45, 2.75) is 19.2 Å². The second-order valence-electron chi connectivity index (χ2n) is 3.62. The molecule has 0 spiro atoms. The zero-order valence-electron chi connectivity index (χ0n) is 9.65. The minimum atomic E-state index is 0.823. The van der Waals surface area contributed by atoms with E-state index in [1.807, 2.05) is 18.2 Å². The molecular formula is C12H16BrN3. The van der Waals surface area contributed by atoms with Crippen molar-refractivity contribution >= 4 is 27.4 Å². The number of hydrogen-bond acceptors (Lipinski definition) is 2. The fourth-order valence-corrected chi connectivity index (χ4v) is 2.46. The van der Waals surface area contributed by atoms with Crippen LogP contribution in [0.3, 0.4) is 0 Å². The third-order valence-corrected chi connectivity index (χ3v) is 3.33. The van der Waals surface area contributed by atoms with E-state index in [2.05, 4.69) is 50.3 Å². The third-order valence-electron chi connectivity index (χ3n) is 2.80. The second kappa shape index (κ2) is 4.87. The Labute approximate surface area is 104 Å². The molecule has 0 saturated heterocycles. The lowest BCUT2D eigenvalue weighted by Gasteiger charge is -2.19. The maximum absolute atomic E-state index is 4.68. The van der Waals surface area contributed by atoms with E-state index in [-0.39, 0.29) is 0 Å². The van der Waals surface area contributed by atoms with Gasteiger partial charge in [0, 0.05) is 24.6 Å². The summed E-state index contributed by atoms with van der Waals surface area (Å²) >= 11 is 3.55. The second-order valence-corrected chi connectivity index (χ2v) is 4.18. The van der Waals surface area contributed by atoms with E-state index in [1.165, 1.54) is 5.69 Å². The number of fused-ring (bicyclic) bond motifs is 1. The van der Waals surface area contributed by atoms with Crippen molar-refractivity contribution in [3.63, 3.8) is 0 Å². The Morgan fingerprint density at radius 3 is 2.69 bits per heavy atom. The number of halogens is 1. The van der Waals surface area contributed by atoms with Gasteiger partial charge in [0.15, 0.2) is 5.82 Å². The van der Waals surface area contributed by atoms with Crippen LogP contribution in [0.25, 0.3) is 5.65 Å². The molecule has 2 heterocycles. The largest absolute Gasteiger partial charge is 0.356 e. The van der Waals surface area contributed by atoms with E-state index in [0.717, 1.165) is 29.9 Å². The predicted octanol–water partition coefficient (Wildman–Crippen LogP) is 3.08. The van der Waals surface area contributed by atoms with Gasteiger partial charge in [0.05, 0.1) is 5.69 Å². The summed E-state index contributed by atoms with van der Waals surface area (Å²) in [5, 5.41) is 0.823. The molecule has 0 amide bonds. The molecule has 0 saturated carbocycles. The SMILES string of the molecule is CCN(CC)c1nc2ccccn2c1CBr. The van der Waals surface area contributed by atoms with E-state index < -0.39 is 0 Å². The molecule has 0 atom stereocenters. The Balaban J connectivity index is 2.60. The molecular weight excluding hydrogens is 266 g/mol. The number of rotatable bonds is 4. The van der Waals surface area contributed by atoms with Gasteiger partial charge in [-0.15, -0.1) is 0 Å². The molecule has 0 aromatic carbocycles. The molecule has 0 aliphatic carbocycles. The minimum absolute atomic E-state index is 0.823. The van der Waals surface area contributed by atoms with Crippen molar-refractivity contribution < 1.29 is 0 Å². The van der Waals surface area contributed by atoms with Gasteiger partial charge in [-0.05, 0) is 26.0 Å².